The largest absolute Gasteiger partial charge is 0.396 e. The number of aliphatic hydroxyl groups excluding tert-OH is 4. The topological polar surface area (TPSA) is 80.9 Å². The molecule has 0 spiro atoms. The van der Waals surface area contributed by atoms with Crippen LogP contribution < -0.4 is 0 Å². The van der Waals surface area contributed by atoms with Crippen molar-refractivity contribution in [3.8, 4) is 0 Å². The summed E-state index contributed by atoms with van der Waals surface area (Å²) in [7, 11) is 0. The summed E-state index contributed by atoms with van der Waals surface area (Å²) < 4.78 is 0. The van der Waals surface area contributed by atoms with E-state index >= 15 is 0 Å². The van der Waals surface area contributed by atoms with Crippen LogP contribution in [-0.2, 0) is 0 Å². The van der Waals surface area contributed by atoms with Gasteiger partial charge < -0.3 is 20.4 Å². The fourth-order valence-electron chi connectivity index (χ4n) is 10.4. The molecule has 13 atom stereocenters. The van der Waals surface area contributed by atoms with E-state index in [1.807, 2.05) is 0 Å². The van der Waals surface area contributed by atoms with Gasteiger partial charge in [-0.1, -0.05) is 53.2 Å². The molecule has 5 aliphatic rings. The quantitative estimate of drug-likeness (QED) is 0.432. The second kappa shape index (κ2) is 8.30. The van der Waals surface area contributed by atoms with Crippen molar-refractivity contribution in [2.45, 2.75) is 105 Å². The Morgan fingerprint density at radius 2 is 1.71 bits per heavy atom. The SMILES string of the molecule is CC(C)[C@@H](C)[C@@]1(C)C[C@@H]1[C@@H](CO)[C@H]1CC[C@H]2[C@@H]3CC=C4CC(O)CC(O)[C@]4(C)[C@H]3C(O)C[C@]12C. The first kappa shape index (κ1) is 25.2. The molecule has 4 heteroatoms. The van der Waals surface area contributed by atoms with E-state index in [0.717, 1.165) is 19.3 Å². The summed E-state index contributed by atoms with van der Waals surface area (Å²) in [6.07, 6.45) is 7.13. The van der Waals surface area contributed by atoms with Crippen LogP contribution in [0.3, 0.4) is 0 Å². The van der Waals surface area contributed by atoms with Crippen molar-refractivity contribution in [1.82, 2.24) is 0 Å². The molecule has 5 rings (SSSR count). The maximum Gasteiger partial charge on any atom is 0.0659 e. The number of allylic oxidation sites excluding steroid dienone is 1. The second-order valence-corrected chi connectivity index (χ2v) is 14.3. The normalized spacial score (nSPS) is 54.0. The maximum absolute atomic E-state index is 11.7. The highest BCUT2D eigenvalue weighted by Gasteiger charge is 2.66. The van der Waals surface area contributed by atoms with Crippen molar-refractivity contribution >= 4 is 0 Å². The van der Waals surface area contributed by atoms with Crippen LogP contribution in [0.15, 0.2) is 11.6 Å². The van der Waals surface area contributed by atoms with Gasteiger partial charge in [0, 0.05) is 18.4 Å². The smallest absolute Gasteiger partial charge is 0.0659 e. The van der Waals surface area contributed by atoms with Gasteiger partial charge in [0.25, 0.3) is 0 Å². The van der Waals surface area contributed by atoms with Gasteiger partial charge in [0.1, 0.15) is 0 Å². The molecule has 0 aromatic carbocycles. The fraction of sp³-hybridized carbons (Fsp3) is 0.933. The van der Waals surface area contributed by atoms with Crippen LogP contribution in [0.5, 0.6) is 0 Å². The average molecular weight is 475 g/mol. The third-order valence-electron chi connectivity index (χ3n) is 12.8. The van der Waals surface area contributed by atoms with Gasteiger partial charge in [-0.2, -0.15) is 0 Å². The standard InChI is InChI=1S/C30H50O4/c1-16(2)17(3)28(4)13-24(28)21(15-31)23-10-9-22-20-8-7-18-11-19(32)12-26(34)30(18,6)27(20)25(33)14-29(22,23)5/h7,16-17,19-27,31-34H,8-15H2,1-6H3/t17-,19?,20+,21+,22+,23-,24-,25?,26?,27-,28-,29+,30-/m1/s1. The highest BCUT2D eigenvalue weighted by Crippen LogP contribution is 2.71. The molecule has 0 radical (unpaired) electrons. The van der Waals surface area contributed by atoms with Crippen molar-refractivity contribution in [3.05, 3.63) is 11.6 Å². The molecule has 0 heterocycles. The zero-order chi connectivity index (χ0) is 24.8. The summed E-state index contributed by atoms with van der Waals surface area (Å²) in [6, 6.07) is 0. The van der Waals surface area contributed by atoms with Crippen LogP contribution in [0.4, 0.5) is 0 Å². The Morgan fingerprint density at radius 3 is 2.35 bits per heavy atom. The third-order valence-corrected chi connectivity index (χ3v) is 12.8. The van der Waals surface area contributed by atoms with Gasteiger partial charge in [0.05, 0.1) is 18.3 Å². The molecule has 0 aliphatic heterocycles. The van der Waals surface area contributed by atoms with E-state index in [1.54, 1.807) is 0 Å². The first-order chi connectivity index (χ1) is 15.9. The maximum atomic E-state index is 11.7. The minimum atomic E-state index is -0.596. The minimum absolute atomic E-state index is 0.0411. The van der Waals surface area contributed by atoms with Crippen LogP contribution in [0, 0.1) is 63.6 Å². The van der Waals surface area contributed by atoms with Gasteiger partial charge in [-0.05, 0) is 96.7 Å². The highest BCUT2D eigenvalue weighted by atomic mass is 16.3. The van der Waals surface area contributed by atoms with Gasteiger partial charge in [0.2, 0.25) is 0 Å². The van der Waals surface area contributed by atoms with E-state index in [9.17, 15) is 20.4 Å². The van der Waals surface area contributed by atoms with Gasteiger partial charge in [-0.3, -0.25) is 0 Å². The molecule has 3 unspecified atom stereocenters. The lowest BCUT2D eigenvalue weighted by Gasteiger charge is -2.61. The summed E-state index contributed by atoms with van der Waals surface area (Å²) >= 11 is 0. The lowest BCUT2D eigenvalue weighted by Crippen LogP contribution is -2.60. The monoisotopic (exact) mass is 474 g/mol. The zero-order valence-corrected chi connectivity index (χ0v) is 22.4. The predicted octanol–water partition coefficient (Wildman–Crippen LogP) is 4.79. The van der Waals surface area contributed by atoms with E-state index in [2.05, 4.69) is 47.6 Å². The van der Waals surface area contributed by atoms with Crippen molar-refractivity contribution in [2.75, 3.05) is 6.61 Å². The third kappa shape index (κ3) is 3.37. The van der Waals surface area contributed by atoms with Crippen molar-refractivity contribution in [2.24, 2.45) is 63.6 Å². The molecule has 194 valence electrons. The molecular weight excluding hydrogens is 424 g/mol. The first-order valence-electron chi connectivity index (χ1n) is 14.2. The summed E-state index contributed by atoms with van der Waals surface area (Å²) in [5.74, 6) is 3.64. The van der Waals surface area contributed by atoms with Crippen molar-refractivity contribution < 1.29 is 20.4 Å². The van der Waals surface area contributed by atoms with Gasteiger partial charge >= 0.3 is 0 Å². The van der Waals surface area contributed by atoms with E-state index in [4.69, 9.17) is 0 Å². The molecule has 4 N–H and O–H groups in total. The van der Waals surface area contributed by atoms with Crippen molar-refractivity contribution in [3.63, 3.8) is 0 Å². The van der Waals surface area contributed by atoms with Crippen LogP contribution in [0.2, 0.25) is 0 Å². The van der Waals surface area contributed by atoms with Crippen LogP contribution >= 0.6 is 0 Å². The summed E-state index contributed by atoms with van der Waals surface area (Å²) in [4.78, 5) is 0. The Hall–Kier alpha value is -0.420. The number of fused-ring (bicyclic) bond motifs is 5. The lowest BCUT2D eigenvalue weighted by atomic mass is 9.45. The Morgan fingerprint density at radius 1 is 1.00 bits per heavy atom. The number of rotatable bonds is 5. The molecule has 4 nitrogen and oxygen atoms in total. The molecule has 0 amide bonds. The van der Waals surface area contributed by atoms with E-state index in [1.165, 1.54) is 18.4 Å². The molecule has 0 aromatic heterocycles. The number of aliphatic hydroxyl groups is 4. The Kier molecular flexibility index (Phi) is 6.16. The second-order valence-electron chi connectivity index (χ2n) is 14.3. The molecule has 0 aromatic rings. The van der Waals surface area contributed by atoms with E-state index < -0.39 is 23.7 Å². The molecule has 4 fully saturated rings. The molecule has 4 saturated carbocycles. The Bertz CT molecular complexity index is 823. The van der Waals surface area contributed by atoms with Crippen LogP contribution in [0.25, 0.3) is 0 Å². The first-order valence-corrected chi connectivity index (χ1v) is 14.2. The summed E-state index contributed by atoms with van der Waals surface area (Å²) in [6.45, 7) is 14.3. The van der Waals surface area contributed by atoms with Crippen LogP contribution in [-0.4, -0.2) is 45.3 Å². The number of hydrogen-bond donors (Lipinski definition) is 4. The minimum Gasteiger partial charge on any atom is -0.396 e. The van der Waals surface area contributed by atoms with Gasteiger partial charge in [0.15, 0.2) is 0 Å². The molecule has 34 heavy (non-hydrogen) atoms. The molecular formula is C30H50O4. The van der Waals surface area contributed by atoms with E-state index in [-0.39, 0.29) is 17.9 Å². The van der Waals surface area contributed by atoms with E-state index in [0.29, 0.717) is 59.7 Å². The fourth-order valence-corrected chi connectivity index (χ4v) is 10.4. The molecule has 5 aliphatic carbocycles. The number of hydrogen-bond acceptors (Lipinski definition) is 4. The van der Waals surface area contributed by atoms with Crippen molar-refractivity contribution in [1.29, 1.82) is 0 Å². The molecule has 0 saturated heterocycles. The molecule has 0 bridgehead atoms. The average Bonchev–Trinajstić information content (AvgIpc) is 3.32. The zero-order valence-electron chi connectivity index (χ0n) is 22.4. The van der Waals surface area contributed by atoms with Gasteiger partial charge in [-0.25, -0.2) is 0 Å². The van der Waals surface area contributed by atoms with Crippen LogP contribution in [0.1, 0.15) is 86.5 Å². The summed E-state index contributed by atoms with van der Waals surface area (Å²) in [5, 5.41) is 43.9. The Balaban J connectivity index is 1.43. The Labute approximate surface area is 207 Å². The highest BCUT2D eigenvalue weighted by molar-refractivity contribution is 5.29. The predicted molar refractivity (Wildman–Crippen MR) is 135 cm³/mol. The van der Waals surface area contributed by atoms with Gasteiger partial charge in [-0.15, -0.1) is 0 Å². The lowest BCUT2D eigenvalue weighted by molar-refractivity contribution is -0.161. The summed E-state index contributed by atoms with van der Waals surface area (Å²) in [5.41, 5.74) is 1.11.